The Morgan fingerprint density at radius 2 is 1.79 bits per heavy atom. The van der Waals surface area contributed by atoms with Crippen molar-refractivity contribution in [2.45, 2.75) is 32.2 Å². The Bertz CT molecular complexity index is 1280. The van der Waals surface area contributed by atoms with E-state index < -0.39 is 23.5 Å². The quantitative estimate of drug-likeness (QED) is 0.331. The van der Waals surface area contributed by atoms with Crippen molar-refractivity contribution in [3.8, 4) is 5.75 Å². The second kappa shape index (κ2) is 8.74. The van der Waals surface area contributed by atoms with Crippen LogP contribution in [0.1, 0.15) is 43.5 Å². The molecule has 3 aromatic rings. The molecular weight excluding hydrogens is 435 g/mol. The number of carbonyl (C=O) groups is 2. The van der Waals surface area contributed by atoms with Gasteiger partial charge < -0.3 is 9.84 Å². The standard InChI is InChI=1S/C27H25FN2O4/c1-27(2,3)20-14-16(7-12-21(20)34-4)24(31)22-23(17-6-5-13-29-15-17)30(26(33)25(22)32)19-10-8-18(28)9-11-19/h5-15,23,31H,1-4H3/b24-22-. The highest BCUT2D eigenvalue weighted by atomic mass is 19.1. The maximum atomic E-state index is 13.5. The number of amides is 1. The van der Waals surface area contributed by atoms with Crippen LogP contribution in [0.25, 0.3) is 5.76 Å². The summed E-state index contributed by atoms with van der Waals surface area (Å²) in [7, 11) is 1.57. The van der Waals surface area contributed by atoms with Crippen LogP contribution in [0.3, 0.4) is 0 Å². The summed E-state index contributed by atoms with van der Waals surface area (Å²) in [4.78, 5) is 31.8. The maximum absolute atomic E-state index is 13.5. The zero-order valence-corrected chi connectivity index (χ0v) is 19.4. The van der Waals surface area contributed by atoms with Crippen molar-refractivity contribution in [2.75, 3.05) is 12.0 Å². The second-order valence-corrected chi connectivity index (χ2v) is 9.10. The van der Waals surface area contributed by atoms with Gasteiger partial charge in [0.25, 0.3) is 11.7 Å². The van der Waals surface area contributed by atoms with Crippen molar-refractivity contribution in [2.24, 2.45) is 0 Å². The summed E-state index contributed by atoms with van der Waals surface area (Å²) in [6.07, 6.45) is 3.11. The summed E-state index contributed by atoms with van der Waals surface area (Å²) in [5, 5.41) is 11.4. The summed E-state index contributed by atoms with van der Waals surface area (Å²) in [6, 6.07) is 12.9. The highest BCUT2D eigenvalue weighted by Crippen LogP contribution is 2.43. The summed E-state index contributed by atoms with van der Waals surface area (Å²) < 4.78 is 19.0. The van der Waals surface area contributed by atoms with Gasteiger partial charge in [0, 0.05) is 29.2 Å². The number of anilines is 1. The first-order valence-corrected chi connectivity index (χ1v) is 10.8. The molecule has 34 heavy (non-hydrogen) atoms. The minimum absolute atomic E-state index is 0.0626. The predicted molar refractivity (Wildman–Crippen MR) is 127 cm³/mol. The number of Topliss-reactive ketones (excluding diaryl/α,β-unsaturated/α-hetero) is 1. The third-order valence-corrected chi connectivity index (χ3v) is 5.83. The number of aliphatic hydroxyl groups excluding tert-OH is 1. The molecule has 1 aromatic heterocycles. The molecular formula is C27H25FN2O4. The third kappa shape index (κ3) is 4.05. The molecule has 1 N–H and O–H groups in total. The number of carbonyl (C=O) groups excluding carboxylic acids is 2. The minimum atomic E-state index is -0.931. The van der Waals surface area contributed by atoms with E-state index in [4.69, 9.17) is 4.74 Å². The fourth-order valence-electron chi connectivity index (χ4n) is 4.15. The van der Waals surface area contributed by atoms with Crippen LogP contribution < -0.4 is 9.64 Å². The SMILES string of the molecule is COc1ccc(/C(O)=C2/C(=O)C(=O)N(c3ccc(F)cc3)C2c2cccnc2)cc1C(C)(C)C. The van der Waals surface area contributed by atoms with Gasteiger partial charge in [-0.25, -0.2) is 4.39 Å². The van der Waals surface area contributed by atoms with Crippen LogP contribution in [0.2, 0.25) is 0 Å². The fraction of sp³-hybridized carbons (Fsp3) is 0.222. The van der Waals surface area contributed by atoms with E-state index in [0.29, 0.717) is 22.6 Å². The van der Waals surface area contributed by atoms with Crippen molar-refractivity contribution >= 4 is 23.1 Å². The Hall–Kier alpha value is -4.00. The fourth-order valence-corrected chi connectivity index (χ4v) is 4.15. The molecule has 2 aromatic carbocycles. The van der Waals surface area contributed by atoms with Gasteiger partial charge in [-0.2, -0.15) is 0 Å². The van der Waals surface area contributed by atoms with Crippen LogP contribution in [-0.2, 0) is 15.0 Å². The van der Waals surface area contributed by atoms with E-state index in [1.165, 1.54) is 35.4 Å². The molecule has 1 atom stereocenters. The lowest BCUT2D eigenvalue weighted by molar-refractivity contribution is -0.132. The first-order chi connectivity index (χ1) is 16.1. The number of pyridine rings is 1. The number of rotatable bonds is 4. The van der Waals surface area contributed by atoms with Crippen molar-refractivity contribution in [1.82, 2.24) is 4.98 Å². The monoisotopic (exact) mass is 460 g/mol. The Kier molecular flexibility index (Phi) is 5.96. The summed E-state index contributed by atoms with van der Waals surface area (Å²) >= 11 is 0. The van der Waals surface area contributed by atoms with Crippen molar-refractivity contribution in [1.29, 1.82) is 0 Å². The molecule has 2 heterocycles. The van der Waals surface area contributed by atoms with E-state index in [1.807, 2.05) is 20.8 Å². The van der Waals surface area contributed by atoms with Crippen LogP contribution in [0.5, 0.6) is 5.75 Å². The zero-order valence-electron chi connectivity index (χ0n) is 19.4. The molecule has 0 spiro atoms. The van der Waals surface area contributed by atoms with Gasteiger partial charge in [0.2, 0.25) is 0 Å². The number of hydrogen-bond donors (Lipinski definition) is 1. The van der Waals surface area contributed by atoms with Gasteiger partial charge in [0.15, 0.2) is 0 Å². The molecule has 1 fully saturated rings. The van der Waals surface area contributed by atoms with E-state index in [0.717, 1.165) is 5.56 Å². The molecule has 174 valence electrons. The Morgan fingerprint density at radius 1 is 1.09 bits per heavy atom. The number of benzene rings is 2. The van der Waals surface area contributed by atoms with E-state index in [2.05, 4.69) is 4.98 Å². The summed E-state index contributed by atoms with van der Waals surface area (Å²) in [6.45, 7) is 6.04. The van der Waals surface area contributed by atoms with Gasteiger partial charge in [-0.05, 0) is 59.5 Å². The van der Waals surface area contributed by atoms with Crippen molar-refractivity contribution in [3.05, 3.63) is 95.1 Å². The molecule has 6 nitrogen and oxygen atoms in total. The average molecular weight is 461 g/mol. The molecule has 1 aliphatic rings. The molecule has 4 rings (SSSR count). The van der Waals surface area contributed by atoms with E-state index in [9.17, 15) is 19.1 Å². The summed E-state index contributed by atoms with van der Waals surface area (Å²) in [5.41, 5.74) is 1.73. The largest absolute Gasteiger partial charge is 0.507 e. The number of ether oxygens (including phenoxy) is 1. The number of aromatic nitrogens is 1. The number of methoxy groups -OCH3 is 1. The highest BCUT2D eigenvalue weighted by molar-refractivity contribution is 6.51. The predicted octanol–water partition coefficient (Wildman–Crippen LogP) is 5.15. The van der Waals surface area contributed by atoms with E-state index in [-0.39, 0.29) is 16.7 Å². The van der Waals surface area contributed by atoms with Crippen LogP contribution >= 0.6 is 0 Å². The second-order valence-electron chi connectivity index (χ2n) is 9.10. The number of aliphatic hydroxyl groups is 1. The van der Waals surface area contributed by atoms with E-state index >= 15 is 0 Å². The van der Waals surface area contributed by atoms with Gasteiger partial charge in [-0.1, -0.05) is 26.8 Å². The number of halogens is 1. The van der Waals surface area contributed by atoms with Crippen LogP contribution in [0, 0.1) is 5.82 Å². The molecule has 0 aliphatic carbocycles. The maximum Gasteiger partial charge on any atom is 0.300 e. The normalized spacial score (nSPS) is 17.8. The Morgan fingerprint density at radius 3 is 2.38 bits per heavy atom. The van der Waals surface area contributed by atoms with Crippen molar-refractivity contribution in [3.63, 3.8) is 0 Å². The molecule has 1 saturated heterocycles. The molecule has 7 heteroatoms. The first-order valence-electron chi connectivity index (χ1n) is 10.8. The van der Waals surface area contributed by atoms with Gasteiger partial charge in [-0.15, -0.1) is 0 Å². The van der Waals surface area contributed by atoms with Gasteiger partial charge in [0.05, 0.1) is 18.7 Å². The van der Waals surface area contributed by atoms with Crippen LogP contribution in [-0.4, -0.2) is 28.9 Å². The minimum Gasteiger partial charge on any atom is -0.507 e. The number of nitrogens with zero attached hydrogens (tertiary/aromatic N) is 2. The lowest BCUT2D eigenvalue weighted by Crippen LogP contribution is -2.29. The lowest BCUT2D eigenvalue weighted by atomic mass is 9.84. The molecule has 0 saturated carbocycles. The molecule has 1 unspecified atom stereocenters. The molecule has 1 amide bonds. The van der Waals surface area contributed by atoms with Gasteiger partial charge in [0.1, 0.15) is 17.3 Å². The van der Waals surface area contributed by atoms with Crippen LogP contribution in [0.15, 0.2) is 72.6 Å². The van der Waals surface area contributed by atoms with Crippen molar-refractivity contribution < 1.29 is 23.8 Å². The molecule has 1 aliphatic heterocycles. The Labute approximate surface area is 197 Å². The Balaban J connectivity index is 1.94. The zero-order chi connectivity index (χ0) is 24.6. The van der Waals surface area contributed by atoms with Gasteiger partial charge in [-0.3, -0.25) is 19.5 Å². The molecule has 0 radical (unpaired) electrons. The molecule has 0 bridgehead atoms. The van der Waals surface area contributed by atoms with Crippen LogP contribution in [0.4, 0.5) is 10.1 Å². The third-order valence-electron chi connectivity index (χ3n) is 5.83. The smallest absolute Gasteiger partial charge is 0.300 e. The number of ketones is 1. The lowest BCUT2D eigenvalue weighted by Gasteiger charge is -2.25. The van der Waals surface area contributed by atoms with E-state index in [1.54, 1.807) is 43.6 Å². The summed E-state index contributed by atoms with van der Waals surface area (Å²) in [5.74, 6) is -1.76. The van der Waals surface area contributed by atoms with Gasteiger partial charge >= 0.3 is 0 Å². The first kappa shape index (κ1) is 23.2. The topological polar surface area (TPSA) is 79.7 Å². The highest BCUT2D eigenvalue weighted by Gasteiger charge is 2.47. The number of hydrogen-bond acceptors (Lipinski definition) is 5. The average Bonchev–Trinajstić information content (AvgIpc) is 3.09.